The largest absolute Gasteiger partial charge is 0.459 e. The van der Waals surface area contributed by atoms with Crippen molar-refractivity contribution < 1.29 is 14.0 Å². The Morgan fingerprint density at radius 2 is 1.88 bits per heavy atom. The number of carbonyl (C=O) groups is 2. The van der Waals surface area contributed by atoms with E-state index in [0.717, 1.165) is 37.5 Å². The third-order valence-corrected chi connectivity index (χ3v) is 4.68. The number of piperidine rings is 1. The van der Waals surface area contributed by atoms with E-state index < -0.39 is 0 Å². The molecule has 1 aliphatic rings. The number of nitrogens with one attached hydrogen (secondary N) is 2. The van der Waals surface area contributed by atoms with Crippen molar-refractivity contribution in [3.63, 3.8) is 0 Å². The lowest BCUT2D eigenvalue weighted by atomic mass is 10.0. The minimum Gasteiger partial charge on any atom is -0.459 e. The molecule has 26 heavy (non-hydrogen) atoms. The number of carbonyl (C=O) groups excluding carboxylic acids is 2. The van der Waals surface area contributed by atoms with Crippen molar-refractivity contribution >= 4 is 23.4 Å². The first-order valence-corrected chi connectivity index (χ1v) is 9.06. The molecule has 2 amide bonds. The average molecular weight is 376 g/mol. The van der Waals surface area contributed by atoms with Crippen molar-refractivity contribution in [1.82, 2.24) is 15.5 Å². The number of halogens is 1. The number of amides is 2. The van der Waals surface area contributed by atoms with Crippen LogP contribution in [0.3, 0.4) is 0 Å². The summed E-state index contributed by atoms with van der Waals surface area (Å²) in [6.45, 7) is 2.68. The Kier molecular flexibility index (Phi) is 6.30. The van der Waals surface area contributed by atoms with Gasteiger partial charge >= 0.3 is 0 Å². The summed E-state index contributed by atoms with van der Waals surface area (Å²) >= 11 is 5.91. The third-order valence-electron chi connectivity index (χ3n) is 4.43. The zero-order chi connectivity index (χ0) is 18.4. The van der Waals surface area contributed by atoms with Gasteiger partial charge in [0.05, 0.1) is 12.8 Å². The Labute approximate surface area is 157 Å². The van der Waals surface area contributed by atoms with Gasteiger partial charge in [0.2, 0.25) is 5.91 Å². The SMILES string of the molecule is O=C(CNC(=O)c1ccco1)NC1CCN(Cc2ccc(Cl)cc2)CC1. The molecule has 2 heterocycles. The van der Waals surface area contributed by atoms with Gasteiger partial charge in [0.15, 0.2) is 5.76 Å². The molecule has 1 aliphatic heterocycles. The fourth-order valence-corrected chi connectivity index (χ4v) is 3.14. The zero-order valence-corrected chi connectivity index (χ0v) is 15.2. The molecule has 3 rings (SSSR count). The quantitative estimate of drug-likeness (QED) is 0.813. The van der Waals surface area contributed by atoms with Gasteiger partial charge in [-0.1, -0.05) is 23.7 Å². The molecule has 1 aromatic heterocycles. The standard InChI is InChI=1S/C19H22ClN3O3/c20-15-5-3-14(4-6-15)13-23-9-7-16(8-10-23)22-18(24)12-21-19(25)17-2-1-11-26-17/h1-6,11,16H,7-10,12-13H2,(H,21,25)(H,22,24). The smallest absolute Gasteiger partial charge is 0.287 e. The number of benzene rings is 1. The molecule has 0 saturated carbocycles. The highest BCUT2D eigenvalue weighted by atomic mass is 35.5. The molecule has 0 radical (unpaired) electrons. The zero-order valence-electron chi connectivity index (χ0n) is 14.4. The van der Waals surface area contributed by atoms with Crippen LogP contribution >= 0.6 is 11.6 Å². The van der Waals surface area contributed by atoms with Gasteiger partial charge in [0.25, 0.3) is 5.91 Å². The van der Waals surface area contributed by atoms with E-state index in [1.165, 1.54) is 11.8 Å². The normalized spacial score (nSPS) is 15.6. The first-order valence-electron chi connectivity index (χ1n) is 8.68. The summed E-state index contributed by atoms with van der Waals surface area (Å²) in [5.41, 5.74) is 1.23. The molecule has 0 spiro atoms. The Hall–Kier alpha value is -2.31. The summed E-state index contributed by atoms with van der Waals surface area (Å²) in [5.74, 6) is -0.364. The van der Waals surface area contributed by atoms with E-state index in [-0.39, 0.29) is 30.2 Å². The highest BCUT2D eigenvalue weighted by Crippen LogP contribution is 2.15. The molecule has 2 aromatic rings. The molecular weight excluding hydrogens is 354 g/mol. The summed E-state index contributed by atoms with van der Waals surface area (Å²) in [7, 11) is 0. The summed E-state index contributed by atoms with van der Waals surface area (Å²) in [6, 6.07) is 11.2. The highest BCUT2D eigenvalue weighted by Gasteiger charge is 2.21. The van der Waals surface area contributed by atoms with Gasteiger partial charge in [0, 0.05) is 30.7 Å². The van der Waals surface area contributed by atoms with E-state index in [1.807, 2.05) is 24.3 Å². The van der Waals surface area contributed by atoms with Gasteiger partial charge in [-0.25, -0.2) is 0 Å². The molecular formula is C19H22ClN3O3. The van der Waals surface area contributed by atoms with Crippen molar-refractivity contribution in [1.29, 1.82) is 0 Å². The second-order valence-corrected chi connectivity index (χ2v) is 6.84. The van der Waals surface area contributed by atoms with Crippen LogP contribution in [0.2, 0.25) is 5.02 Å². The van der Waals surface area contributed by atoms with Crippen LogP contribution in [0.5, 0.6) is 0 Å². The topological polar surface area (TPSA) is 74.6 Å². The van der Waals surface area contributed by atoms with Crippen LogP contribution in [-0.2, 0) is 11.3 Å². The summed E-state index contributed by atoms with van der Waals surface area (Å²) in [4.78, 5) is 26.1. The van der Waals surface area contributed by atoms with Crippen molar-refractivity contribution in [3.05, 3.63) is 59.0 Å². The molecule has 138 valence electrons. The van der Waals surface area contributed by atoms with Crippen LogP contribution in [0.15, 0.2) is 47.1 Å². The summed E-state index contributed by atoms with van der Waals surface area (Å²) < 4.78 is 4.99. The monoisotopic (exact) mass is 375 g/mol. The van der Waals surface area contributed by atoms with Crippen molar-refractivity contribution in [2.24, 2.45) is 0 Å². The van der Waals surface area contributed by atoms with Crippen LogP contribution in [0, 0.1) is 0 Å². The molecule has 1 aromatic carbocycles. The first-order chi connectivity index (χ1) is 12.6. The molecule has 6 nitrogen and oxygen atoms in total. The van der Waals surface area contributed by atoms with Crippen LogP contribution in [0.1, 0.15) is 29.0 Å². The lowest BCUT2D eigenvalue weighted by Crippen LogP contribution is -2.47. The minimum absolute atomic E-state index is 0.0511. The van der Waals surface area contributed by atoms with Gasteiger partial charge in [0.1, 0.15) is 0 Å². The lowest BCUT2D eigenvalue weighted by molar-refractivity contribution is -0.121. The number of likely N-dealkylation sites (tertiary alicyclic amines) is 1. The van der Waals surface area contributed by atoms with Crippen molar-refractivity contribution in [2.75, 3.05) is 19.6 Å². The average Bonchev–Trinajstić information content (AvgIpc) is 3.18. The number of hydrogen-bond acceptors (Lipinski definition) is 4. The molecule has 0 unspecified atom stereocenters. The molecule has 7 heteroatoms. The summed E-state index contributed by atoms with van der Waals surface area (Å²) in [6.07, 6.45) is 3.21. The predicted molar refractivity (Wildman–Crippen MR) is 98.9 cm³/mol. The molecule has 0 aliphatic carbocycles. The summed E-state index contributed by atoms with van der Waals surface area (Å²) in [5, 5.41) is 6.28. The van der Waals surface area contributed by atoms with Gasteiger partial charge in [-0.2, -0.15) is 0 Å². The second kappa shape index (κ2) is 8.87. The van der Waals surface area contributed by atoms with Crippen LogP contribution in [0.4, 0.5) is 0 Å². The van der Waals surface area contributed by atoms with Gasteiger partial charge in [-0.3, -0.25) is 14.5 Å². The predicted octanol–water partition coefficient (Wildman–Crippen LogP) is 2.44. The Balaban J connectivity index is 1.36. The number of furan rings is 1. The Morgan fingerprint density at radius 3 is 2.54 bits per heavy atom. The first kappa shape index (κ1) is 18.5. The molecule has 1 saturated heterocycles. The van der Waals surface area contributed by atoms with Crippen LogP contribution < -0.4 is 10.6 Å². The number of hydrogen-bond donors (Lipinski definition) is 2. The van der Waals surface area contributed by atoms with E-state index >= 15 is 0 Å². The fourth-order valence-electron chi connectivity index (χ4n) is 3.02. The Bertz CT molecular complexity index is 723. The fraction of sp³-hybridized carbons (Fsp3) is 0.368. The molecule has 1 fully saturated rings. The van der Waals surface area contributed by atoms with Gasteiger partial charge in [-0.05, 0) is 42.7 Å². The lowest BCUT2D eigenvalue weighted by Gasteiger charge is -2.32. The maximum Gasteiger partial charge on any atom is 0.287 e. The van der Waals surface area contributed by atoms with Crippen molar-refractivity contribution in [3.8, 4) is 0 Å². The minimum atomic E-state index is -0.386. The van der Waals surface area contributed by atoms with Crippen molar-refractivity contribution in [2.45, 2.75) is 25.4 Å². The van der Waals surface area contributed by atoms with E-state index in [4.69, 9.17) is 16.0 Å². The van der Waals surface area contributed by atoms with E-state index in [2.05, 4.69) is 15.5 Å². The Morgan fingerprint density at radius 1 is 1.15 bits per heavy atom. The highest BCUT2D eigenvalue weighted by molar-refractivity contribution is 6.30. The third kappa shape index (κ3) is 5.34. The number of nitrogens with zero attached hydrogens (tertiary/aromatic N) is 1. The van der Waals surface area contributed by atoms with Gasteiger partial charge in [-0.15, -0.1) is 0 Å². The van der Waals surface area contributed by atoms with Crippen LogP contribution in [0.25, 0.3) is 0 Å². The van der Waals surface area contributed by atoms with Gasteiger partial charge < -0.3 is 15.1 Å². The number of rotatable bonds is 6. The second-order valence-electron chi connectivity index (χ2n) is 6.40. The molecule has 0 bridgehead atoms. The molecule has 0 atom stereocenters. The van der Waals surface area contributed by atoms with E-state index in [9.17, 15) is 9.59 Å². The van der Waals surface area contributed by atoms with E-state index in [1.54, 1.807) is 12.1 Å². The van der Waals surface area contributed by atoms with E-state index in [0.29, 0.717) is 0 Å². The van der Waals surface area contributed by atoms with Crippen LogP contribution in [-0.4, -0.2) is 42.4 Å². The maximum absolute atomic E-state index is 12.0. The molecule has 2 N–H and O–H groups in total. The maximum atomic E-state index is 12.0.